The maximum Gasteiger partial charge on any atom is 0.240 e. The molecule has 0 saturated carbocycles. The Morgan fingerprint density at radius 2 is 2.32 bits per heavy atom. The summed E-state index contributed by atoms with van der Waals surface area (Å²) in [7, 11) is 1.74. The molecular weight excluding hydrogens is 320 g/mol. The van der Waals surface area contributed by atoms with Crippen LogP contribution >= 0.6 is 0 Å². The minimum atomic E-state index is 0.113. The highest BCUT2D eigenvalue weighted by Gasteiger charge is 2.36. The molecule has 0 amide bonds. The van der Waals surface area contributed by atoms with Gasteiger partial charge in [0.1, 0.15) is 5.82 Å². The molecule has 4 heterocycles. The van der Waals surface area contributed by atoms with Gasteiger partial charge >= 0.3 is 0 Å². The van der Waals surface area contributed by atoms with E-state index >= 15 is 0 Å². The van der Waals surface area contributed by atoms with Crippen molar-refractivity contribution in [2.75, 3.05) is 13.7 Å². The second-order valence-electron chi connectivity index (χ2n) is 6.20. The molecule has 3 aromatic rings. The van der Waals surface area contributed by atoms with Gasteiger partial charge in [0.05, 0.1) is 30.6 Å². The van der Waals surface area contributed by atoms with Crippen LogP contribution in [0.3, 0.4) is 0 Å². The maximum atomic E-state index is 5.57. The average molecular weight is 340 g/mol. The lowest BCUT2D eigenvalue weighted by molar-refractivity contribution is 0.105. The van der Waals surface area contributed by atoms with Crippen molar-refractivity contribution in [2.45, 2.75) is 32.0 Å². The molecule has 4 rings (SSSR count). The fraction of sp³-hybridized carbons (Fsp3) is 0.412. The number of H-pyrrole nitrogens is 1. The lowest BCUT2D eigenvalue weighted by atomic mass is 10.2. The Kier molecular flexibility index (Phi) is 4.29. The Morgan fingerprint density at radius 1 is 1.40 bits per heavy atom. The fourth-order valence-electron chi connectivity index (χ4n) is 3.24. The standard InChI is InChI=1S/C17H20N6O2/c1-11-20-16(25-22-11)10-23-9-13(24-2)6-15(23)17-19-8-14(21-17)12-4-3-5-18-7-12/h3-5,7-8,13,15H,6,9-10H2,1-2H3,(H,19,21)/t13-,15+/m1/s1. The molecule has 0 radical (unpaired) electrons. The molecule has 25 heavy (non-hydrogen) atoms. The van der Waals surface area contributed by atoms with Gasteiger partial charge in [0.25, 0.3) is 0 Å². The molecule has 3 aromatic heterocycles. The molecule has 2 atom stereocenters. The van der Waals surface area contributed by atoms with E-state index in [1.165, 1.54) is 0 Å². The van der Waals surface area contributed by atoms with Crippen molar-refractivity contribution in [2.24, 2.45) is 0 Å². The van der Waals surface area contributed by atoms with Gasteiger partial charge in [-0.25, -0.2) is 4.98 Å². The second-order valence-corrected chi connectivity index (χ2v) is 6.20. The van der Waals surface area contributed by atoms with Gasteiger partial charge in [0, 0.05) is 31.6 Å². The van der Waals surface area contributed by atoms with Gasteiger partial charge < -0.3 is 14.2 Å². The van der Waals surface area contributed by atoms with Crippen molar-refractivity contribution in [1.82, 2.24) is 30.0 Å². The molecule has 8 nitrogen and oxygen atoms in total. The van der Waals surface area contributed by atoms with Crippen molar-refractivity contribution < 1.29 is 9.26 Å². The third kappa shape index (κ3) is 3.31. The van der Waals surface area contributed by atoms with Crippen LogP contribution in [0.4, 0.5) is 0 Å². The molecule has 0 bridgehead atoms. The summed E-state index contributed by atoms with van der Waals surface area (Å²) in [6.45, 7) is 3.19. The van der Waals surface area contributed by atoms with Crippen molar-refractivity contribution >= 4 is 0 Å². The molecule has 0 spiro atoms. The predicted molar refractivity (Wildman–Crippen MR) is 89.4 cm³/mol. The molecular formula is C17H20N6O2. The van der Waals surface area contributed by atoms with Gasteiger partial charge in [-0.05, 0) is 25.5 Å². The smallest absolute Gasteiger partial charge is 0.240 e. The number of methoxy groups -OCH3 is 1. The Hall–Kier alpha value is -2.58. The number of aromatic nitrogens is 5. The van der Waals surface area contributed by atoms with Crippen LogP contribution in [0.25, 0.3) is 11.3 Å². The summed E-state index contributed by atoms with van der Waals surface area (Å²) in [6, 6.07) is 4.04. The Balaban J connectivity index is 1.57. The quantitative estimate of drug-likeness (QED) is 0.760. The SMILES string of the molecule is CO[C@@H]1C[C@@H](c2ncc(-c3cccnc3)[nH]2)N(Cc2nc(C)no2)C1. The van der Waals surface area contributed by atoms with Gasteiger partial charge in [-0.1, -0.05) is 5.16 Å². The number of nitrogens with zero attached hydrogens (tertiary/aromatic N) is 5. The predicted octanol–water partition coefficient (Wildman–Crippen LogP) is 2.13. The van der Waals surface area contributed by atoms with Crippen molar-refractivity contribution in [1.29, 1.82) is 0 Å². The summed E-state index contributed by atoms with van der Waals surface area (Å²) in [5.74, 6) is 2.17. The summed E-state index contributed by atoms with van der Waals surface area (Å²) in [6.07, 6.45) is 6.45. The number of aryl methyl sites for hydroxylation is 1. The zero-order valence-corrected chi connectivity index (χ0v) is 14.2. The molecule has 1 aliphatic heterocycles. The van der Waals surface area contributed by atoms with Crippen LogP contribution < -0.4 is 0 Å². The number of imidazole rings is 1. The van der Waals surface area contributed by atoms with E-state index in [2.05, 4.69) is 30.0 Å². The van der Waals surface area contributed by atoms with E-state index in [1.807, 2.05) is 31.5 Å². The van der Waals surface area contributed by atoms with Gasteiger partial charge in [0.15, 0.2) is 5.82 Å². The van der Waals surface area contributed by atoms with Crippen LogP contribution in [0.1, 0.15) is 30.0 Å². The molecule has 1 N–H and O–H groups in total. The summed E-state index contributed by atoms with van der Waals surface area (Å²) >= 11 is 0. The van der Waals surface area contributed by atoms with E-state index in [0.29, 0.717) is 18.3 Å². The number of ether oxygens (including phenoxy) is 1. The average Bonchev–Trinajstić information content (AvgIpc) is 3.35. The van der Waals surface area contributed by atoms with Gasteiger partial charge in [-0.15, -0.1) is 0 Å². The zero-order valence-electron chi connectivity index (χ0n) is 14.2. The second kappa shape index (κ2) is 6.73. The Morgan fingerprint density at radius 3 is 3.04 bits per heavy atom. The van der Waals surface area contributed by atoms with Crippen LogP contribution in [0.15, 0.2) is 35.2 Å². The molecule has 130 valence electrons. The fourth-order valence-corrected chi connectivity index (χ4v) is 3.24. The van der Waals surface area contributed by atoms with E-state index in [9.17, 15) is 0 Å². The van der Waals surface area contributed by atoms with E-state index in [-0.39, 0.29) is 12.1 Å². The van der Waals surface area contributed by atoms with Gasteiger partial charge in [0.2, 0.25) is 5.89 Å². The lowest BCUT2D eigenvalue weighted by Gasteiger charge is -2.20. The number of hydrogen-bond donors (Lipinski definition) is 1. The monoisotopic (exact) mass is 340 g/mol. The normalized spacial score (nSPS) is 21.0. The van der Waals surface area contributed by atoms with Crippen LogP contribution in [0.2, 0.25) is 0 Å². The van der Waals surface area contributed by atoms with Crippen LogP contribution in [0, 0.1) is 6.92 Å². The molecule has 1 aliphatic rings. The molecule has 1 saturated heterocycles. The number of hydrogen-bond acceptors (Lipinski definition) is 7. The Bertz CT molecular complexity index is 831. The first kappa shape index (κ1) is 15.9. The highest BCUT2D eigenvalue weighted by molar-refractivity contribution is 5.56. The first-order valence-corrected chi connectivity index (χ1v) is 8.24. The summed E-state index contributed by atoms with van der Waals surface area (Å²) < 4.78 is 10.8. The first-order chi connectivity index (χ1) is 12.2. The highest BCUT2D eigenvalue weighted by Crippen LogP contribution is 2.33. The minimum absolute atomic E-state index is 0.113. The molecule has 8 heteroatoms. The van der Waals surface area contributed by atoms with Crippen molar-refractivity contribution in [3.8, 4) is 11.3 Å². The molecule has 0 unspecified atom stereocenters. The van der Waals surface area contributed by atoms with E-state index in [0.717, 1.165) is 30.0 Å². The molecule has 0 aromatic carbocycles. The largest absolute Gasteiger partial charge is 0.380 e. The van der Waals surface area contributed by atoms with E-state index < -0.39 is 0 Å². The van der Waals surface area contributed by atoms with Crippen molar-refractivity contribution in [3.05, 3.63) is 48.3 Å². The summed E-state index contributed by atoms with van der Waals surface area (Å²) in [4.78, 5) is 18.7. The number of pyridine rings is 1. The summed E-state index contributed by atoms with van der Waals surface area (Å²) in [5.41, 5.74) is 1.97. The topological polar surface area (TPSA) is 93.0 Å². The molecule has 1 fully saturated rings. The number of rotatable bonds is 5. The number of likely N-dealkylation sites (tertiary alicyclic amines) is 1. The van der Waals surface area contributed by atoms with E-state index in [4.69, 9.17) is 9.26 Å². The van der Waals surface area contributed by atoms with Crippen LogP contribution in [-0.4, -0.2) is 49.8 Å². The third-order valence-electron chi connectivity index (χ3n) is 4.49. The summed E-state index contributed by atoms with van der Waals surface area (Å²) in [5, 5.41) is 3.87. The highest BCUT2D eigenvalue weighted by atomic mass is 16.5. The van der Waals surface area contributed by atoms with Crippen LogP contribution in [0.5, 0.6) is 0 Å². The lowest BCUT2D eigenvalue weighted by Crippen LogP contribution is -2.25. The van der Waals surface area contributed by atoms with Gasteiger partial charge in [-0.3, -0.25) is 9.88 Å². The third-order valence-corrected chi connectivity index (χ3v) is 4.49. The van der Waals surface area contributed by atoms with Gasteiger partial charge in [-0.2, -0.15) is 4.98 Å². The van der Waals surface area contributed by atoms with Crippen molar-refractivity contribution in [3.63, 3.8) is 0 Å². The number of nitrogens with one attached hydrogen (secondary N) is 1. The maximum absolute atomic E-state index is 5.57. The molecule has 0 aliphatic carbocycles. The minimum Gasteiger partial charge on any atom is -0.380 e. The van der Waals surface area contributed by atoms with Crippen LogP contribution in [-0.2, 0) is 11.3 Å². The number of aromatic amines is 1. The van der Waals surface area contributed by atoms with E-state index in [1.54, 1.807) is 13.3 Å². The Labute approximate surface area is 145 Å². The first-order valence-electron chi connectivity index (χ1n) is 8.24. The zero-order chi connectivity index (χ0) is 17.2.